The fraction of sp³-hybridized carbons (Fsp3) is 0.895. The predicted molar refractivity (Wildman–Crippen MR) is 93.7 cm³/mol. The van der Waals surface area contributed by atoms with Crippen molar-refractivity contribution in [1.29, 1.82) is 0 Å². The molecule has 0 radical (unpaired) electrons. The Morgan fingerprint density at radius 1 is 1.00 bits per heavy atom. The molecule has 2 atom stereocenters. The highest BCUT2D eigenvalue weighted by atomic mass is 16.7. The summed E-state index contributed by atoms with van der Waals surface area (Å²) >= 11 is 0. The lowest BCUT2D eigenvalue weighted by Crippen LogP contribution is -2.41. The lowest BCUT2D eigenvalue weighted by Gasteiger charge is -2.34. The van der Waals surface area contributed by atoms with Crippen LogP contribution in [0.25, 0.3) is 0 Å². The number of rotatable bonds is 2. The molecule has 4 nitrogen and oxygen atoms in total. The van der Waals surface area contributed by atoms with Crippen LogP contribution >= 0.6 is 0 Å². The van der Waals surface area contributed by atoms with Crippen molar-refractivity contribution in [1.82, 2.24) is 0 Å². The molecule has 3 fully saturated rings. The van der Waals surface area contributed by atoms with E-state index in [1.807, 2.05) is 0 Å². The maximum Gasteiger partial charge on any atom is 0.461 e. The van der Waals surface area contributed by atoms with E-state index in [1.54, 1.807) is 5.57 Å². The molecule has 0 aromatic rings. The molecule has 4 aliphatic rings. The second kappa shape index (κ2) is 5.83. The monoisotopic (exact) mass is 334 g/mol. The average molecular weight is 334 g/mol. The molecule has 5 heteroatoms. The van der Waals surface area contributed by atoms with Crippen molar-refractivity contribution in [2.45, 2.75) is 89.0 Å². The minimum atomic E-state index is -0.318. The number of ether oxygens (including phenoxy) is 2. The summed E-state index contributed by atoms with van der Waals surface area (Å²) < 4.78 is 24.4. The van der Waals surface area contributed by atoms with Gasteiger partial charge in [0.05, 0.1) is 24.4 Å². The first-order chi connectivity index (χ1) is 11.3. The van der Waals surface area contributed by atoms with Gasteiger partial charge in [-0.2, -0.15) is 0 Å². The van der Waals surface area contributed by atoms with E-state index in [4.69, 9.17) is 18.8 Å². The van der Waals surface area contributed by atoms with Crippen LogP contribution in [0.3, 0.4) is 0 Å². The smallest absolute Gasteiger partial charge is 0.403 e. The molecule has 1 saturated carbocycles. The quantitative estimate of drug-likeness (QED) is 0.563. The van der Waals surface area contributed by atoms with Crippen molar-refractivity contribution in [2.24, 2.45) is 5.92 Å². The van der Waals surface area contributed by atoms with Crippen LogP contribution < -0.4 is 0 Å². The Kier molecular flexibility index (Phi) is 4.15. The van der Waals surface area contributed by atoms with Gasteiger partial charge in [0.2, 0.25) is 0 Å². The molecular formula is C19H31BO4. The van der Waals surface area contributed by atoms with Crippen LogP contribution in [0.4, 0.5) is 0 Å². The van der Waals surface area contributed by atoms with Crippen LogP contribution in [-0.4, -0.2) is 37.3 Å². The van der Waals surface area contributed by atoms with Crippen LogP contribution in [0.15, 0.2) is 11.6 Å². The van der Waals surface area contributed by atoms with Gasteiger partial charge in [-0.05, 0) is 46.5 Å². The summed E-state index contributed by atoms with van der Waals surface area (Å²) in [4.78, 5) is 0. The van der Waals surface area contributed by atoms with E-state index < -0.39 is 0 Å². The molecule has 4 rings (SSSR count). The Hall–Kier alpha value is -0.355. The third-order valence-electron chi connectivity index (χ3n) is 6.95. The van der Waals surface area contributed by atoms with Gasteiger partial charge in [0.15, 0.2) is 5.79 Å². The Labute approximate surface area is 146 Å². The highest BCUT2D eigenvalue weighted by molar-refractivity contribution is 6.47. The lowest BCUT2D eigenvalue weighted by atomic mass is 9.63. The zero-order chi connectivity index (χ0) is 17.0. The van der Waals surface area contributed by atoms with Gasteiger partial charge in [-0.25, -0.2) is 0 Å². The van der Waals surface area contributed by atoms with Crippen LogP contribution in [-0.2, 0) is 18.8 Å². The molecule has 0 N–H and O–H groups in total. The summed E-state index contributed by atoms with van der Waals surface area (Å²) in [7, 11) is -0.0710. The van der Waals surface area contributed by atoms with Gasteiger partial charge < -0.3 is 18.8 Å². The molecule has 0 amide bonds. The normalized spacial score (nSPS) is 37.2. The molecule has 0 aromatic carbocycles. The minimum Gasteiger partial charge on any atom is -0.403 e. The SMILES string of the molecule is CC1(C)OB(C2CCCC2C2=CCC3(CC2)OCCO3)OC1(C)C. The fourth-order valence-corrected chi connectivity index (χ4v) is 4.76. The molecular weight excluding hydrogens is 303 g/mol. The third-order valence-corrected chi connectivity index (χ3v) is 6.95. The topological polar surface area (TPSA) is 36.9 Å². The Morgan fingerprint density at radius 3 is 2.25 bits per heavy atom. The first kappa shape index (κ1) is 17.1. The number of hydrogen-bond donors (Lipinski definition) is 0. The molecule has 0 bridgehead atoms. The van der Waals surface area contributed by atoms with Crippen LogP contribution in [0.5, 0.6) is 0 Å². The molecule has 2 heterocycles. The van der Waals surface area contributed by atoms with E-state index >= 15 is 0 Å². The summed E-state index contributed by atoms with van der Waals surface area (Å²) in [6, 6.07) is 0. The Balaban J connectivity index is 1.47. The summed E-state index contributed by atoms with van der Waals surface area (Å²) in [5, 5.41) is 0. The van der Waals surface area contributed by atoms with Crippen molar-refractivity contribution < 1.29 is 18.8 Å². The molecule has 1 spiro atoms. The van der Waals surface area contributed by atoms with Gasteiger partial charge >= 0.3 is 7.12 Å². The standard InChI is InChI=1S/C19H31BO4/c1-17(2)18(3,4)24-20(23-17)16-7-5-6-15(16)14-8-10-19(11-9-14)21-12-13-22-19/h8,15-16H,5-7,9-13H2,1-4H3. The van der Waals surface area contributed by atoms with Crippen molar-refractivity contribution in [3.8, 4) is 0 Å². The van der Waals surface area contributed by atoms with Gasteiger partial charge in [0, 0.05) is 18.7 Å². The van der Waals surface area contributed by atoms with E-state index in [0.29, 0.717) is 11.7 Å². The average Bonchev–Trinajstić information content (AvgIpc) is 3.20. The molecule has 2 saturated heterocycles. The Morgan fingerprint density at radius 2 is 1.67 bits per heavy atom. The first-order valence-electron chi connectivity index (χ1n) is 9.64. The predicted octanol–water partition coefficient (Wildman–Crippen LogP) is 4.10. The summed E-state index contributed by atoms with van der Waals surface area (Å²) in [6.45, 7) is 10.1. The molecule has 0 aromatic heterocycles. The highest BCUT2D eigenvalue weighted by Gasteiger charge is 2.56. The van der Waals surface area contributed by atoms with E-state index in [-0.39, 0.29) is 24.1 Å². The van der Waals surface area contributed by atoms with Gasteiger partial charge in [-0.1, -0.05) is 24.5 Å². The van der Waals surface area contributed by atoms with Gasteiger partial charge in [-0.15, -0.1) is 0 Å². The van der Waals surface area contributed by atoms with Gasteiger partial charge in [0.25, 0.3) is 0 Å². The Bertz CT molecular complexity index is 505. The van der Waals surface area contributed by atoms with Gasteiger partial charge in [0.1, 0.15) is 0 Å². The zero-order valence-electron chi connectivity index (χ0n) is 15.6. The van der Waals surface area contributed by atoms with Crippen molar-refractivity contribution in [2.75, 3.05) is 13.2 Å². The molecule has 2 unspecified atom stereocenters. The van der Waals surface area contributed by atoms with E-state index in [2.05, 4.69) is 33.8 Å². The largest absolute Gasteiger partial charge is 0.461 e. The van der Waals surface area contributed by atoms with Crippen molar-refractivity contribution >= 4 is 7.12 Å². The summed E-state index contributed by atoms with van der Waals surface area (Å²) in [6.07, 6.45) is 9.10. The van der Waals surface area contributed by atoms with Crippen LogP contribution in [0.1, 0.15) is 66.2 Å². The van der Waals surface area contributed by atoms with Crippen LogP contribution in [0, 0.1) is 5.92 Å². The lowest BCUT2D eigenvalue weighted by molar-refractivity contribution is -0.161. The van der Waals surface area contributed by atoms with Crippen LogP contribution in [0.2, 0.25) is 5.82 Å². The summed E-state index contributed by atoms with van der Waals surface area (Å²) in [5.74, 6) is 0.761. The van der Waals surface area contributed by atoms with Crippen molar-refractivity contribution in [3.05, 3.63) is 11.6 Å². The zero-order valence-corrected chi connectivity index (χ0v) is 15.6. The van der Waals surface area contributed by atoms with Crippen molar-refractivity contribution in [3.63, 3.8) is 0 Å². The molecule has 134 valence electrons. The fourth-order valence-electron chi connectivity index (χ4n) is 4.76. The molecule has 24 heavy (non-hydrogen) atoms. The minimum absolute atomic E-state index is 0.0710. The van der Waals surface area contributed by atoms with Gasteiger partial charge in [-0.3, -0.25) is 0 Å². The maximum absolute atomic E-state index is 6.36. The van der Waals surface area contributed by atoms with E-state index in [9.17, 15) is 0 Å². The highest BCUT2D eigenvalue weighted by Crippen LogP contribution is 2.51. The molecule has 2 aliphatic heterocycles. The van der Waals surface area contributed by atoms with E-state index in [0.717, 1.165) is 32.5 Å². The second-order valence-electron chi connectivity index (χ2n) is 8.92. The second-order valence-corrected chi connectivity index (χ2v) is 8.92. The maximum atomic E-state index is 6.36. The first-order valence-corrected chi connectivity index (χ1v) is 9.64. The van der Waals surface area contributed by atoms with E-state index in [1.165, 1.54) is 19.3 Å². The summed E-state index contributed by atoms with van der Waals surface area (Å²) in [5.41, 5.74) is 1.11. The number of allylic oxidation sites excluding steroid dienone is 1. The third kappa shape index (κ3) is 2.78. The number of hydrogen-bond acceptors (Lipinski definition) is 4. The molecule has 2 aliphatic carbocycles.